The molecule has 1 aliphatic rings. The molecule has 0 aromatic heterocycles. The number of hydrogen-bond acceptors (Lipinski definition) is 3. The molecule has 1 heterocycles. The van der Waals surface area contributed by atoms with Crippen molar-refractivity contribution in [2.45, 2.75) is 43.9 Å². The number of thioether (sulfide) groups is 1. The highest BCUT2D eigenvalue weighted by molar-refractivity contribution is 7.99. The summed E-state index contributed by atoms with van der Waals surface area (Å²) < 4.78 is 0. The van der Waals surface area contributed by atoms with Crippen molar-refractivity contribution >= 4 is 11.8 Å². The third-order valence-electron chi connectivity index (χ3n) is 3.73. The number of hydrogen-bond donors (Lipinski definition) is 1. The van der Waals surface area contributed by atoms with Crippen molar-refractivity contribution in [2.24, 2.45) is 0 Å². The minimum Gasteiger partial charge on any atom is -0.508 e. The van der Waals surface area contributed by atoms with Crippen molar-refractivity contribution < 1.29 is 5.11 Å². The van der Waals surface area contributed by atoms with Gasteiger partial charge >= 0.3 is 0 Å². The van der Waals surface area contributed by atoms with Gasteiger partial charge in [-0.2, -0.15) is 0 Å². The third kappa shape index (κ3) is 5.07. The van der Waals surface area contributed by atoms with Crippen LogP contribution in [0.1, 0.15) is 37.7 Å². The van der Waals surface area contributed by atoms with Crippen LogP contribution in [0.3, 0.4) is 0 Å². The largest absolute Gasteiger partial charge is 0.508 e. The Labute approximate surface area is 121 Å². The second-order valence-corrected chi connectivity index (χ2v) is 6.54. The summed E-state index contributed by atoms with van der Waals surface area (Å²) in [5, 5.41) is 9.38. The van der Waals surface area contributed by atoms with E-state index in [4.69, 9.17) is 0 Å². The summed E-state index contributed by atoms with van der Waals surface area (Å²) in [6, 6.07) is 5.65. The van der Waals surface area contributed by atoms with Crippen molar-refractivity contribution in [3.8, 4) is 5.75 Å². The molecule has 1 N–H and O–H groups in total. The van der Waals surface area contributed by atoms with E-state index in [1.165, 1.54) is 68.0 Å². The summed E-state index contributed by atoms with van der Waals surface area (Å²) in [6.07, 6.45) is 6.79. The maximum Gasteiger partial charge on any atom is 0.115 e. The Morgan fingerprint density at radius 3 is 2.68 bits per heavy atom. The molecular weight excluding hydrogens is 254 g/mol. The molecule has 3 heteroatoms. The van der Waals surface area contributed by atoms with Crippen molar-refractivity contribution in [1.29, 1.82) is 0 Å². The van der Waals surface area contributed by atoms with Crippen molar-refractivity contribution in [3.05, 3.63) is 23.8 Å². The summed E-state index contributed by atoms with van der Waals surface area (Å²) in [6.45, 7) is 5.96. The number of aromatic hydroxyl groups is 1. The molecule has 1 aliphatic heterocycles. The first-order valence-corrected chi connectivity index (χ1v) is 8.39. The number of likely N-dealkylation sites (tertiary alicyclic amines) is 1. The Bertz CT molecular complexity index is 388. The van der Waals surface area contributed by atoms with E-state index in [1.807, 2.05) is 23.9 Å². The highest BCUT2D eigenvalue weighted by Crippen LogP contribution is 2.26. The summed E-state index contributed by atoms with van der Waals surface area (Å²) in [5.41, 5.74) is 1.18. The fourth-order valence-electron chi connectivity index (χ4n) is 2.60. The van der Waals surface area contributed by atoms with Crippen LogP contribution < -0.4 is 0 Å². The van der Waals surface area contributed by atoms with E-state index in [0.29, 0.717) is 5.75 Å². The lowest BCUT2D eigenvalue weighted by molar-refractivity contribution is 0.226. The van der Waals surface area contributed by atoms with Crippen molar-refractivity contribution in [3.63, 3.8) is 0 Å². The van der Waals surface area contributed by atoms with Crippen LogP contribution in [-0.4, -0.2) is 35.4 Å². The Morgan fingerprint density at radius 1 is 1.16 bits per heavy atom. The Balaban J connectivity index is 1.61. The number of benzene rings is 1. The first-order valence-electron chi connectivity index (χ1n) is 7.40. The number of aryl methyl sites for hydroxylation is 1. The summed E-state index contributed by atoms with van der Waals surface area (Å²) in [4.78, 5) is 3.91. The summed E-state index contributed by atoms with van der Waals surface area (Å²) in [5.74, 6) is 1.55. The first-order chi connectivity index (χ1) is 9.25. The molecule has 0 saturated carbocycles. The number of piperidine rings is 1. The molecule has 0 bridgehead atoms. The highest BCUT2D eigenvalue weighted by Gasteiger charge is 2.08. The van der Waals surface area contributed by atoms with Crippen LogP contribution in [0.25, 0.3) is 0 Å². The van der Waals surface area contributed by atoms with Gasteiger partial charge in [-0.15, -0.1) is 11.8 Å². The predicted octanol–water partition coefficient (Wildman–Crippen LogP) is 4.06. The first kappa shape index (κ1) is 14.7. The number of phenolic OH excluding ortho intramolecular Hbond substituents is 1. The number of phenols is 1. The topological polar surface area (TPSA) is 23.5 Å². The van der Waals surface area contributed by atoms with Crippen molar-refractivity contribution in [2.75, 3.05) is 25.4 Å². The molecule has 0 aliphatic carbocycles. The molecule has 0 unspecified atom stereocenters. The molecule has 2 rings (SSSR count). The third-order valence-corrected chi connectivity index (χ3v) is 5.00. The zero-order valence-electron chi connectivity index (χ0n) is 11.9. The highest BCUT2D eigenvalue weighted by atomic mass is 32.2. The lowest BCUT2D eigenvalue weighted by Gasteiger charge is -2.26. The van der Waals surface area contributed by atoms with Gasteiger partial charge < -0.3 is 10.0 Å². The zero-order chi connectivity index (χ0) is 13.5. The SMILES string of the molecule is Cc1cc(O)ccc1SCCCCN1CCCCC1. The lowest BCUT2D eigenvalue weighted by Crippen LogP contribution is -2.30. The van der Waals surface area contributed by atoms with Gasteiger partial charge in [0.15, 0.2) is 0 Å². The minimum atomic E-state index is 0.368. The predicted molar refractivity (Wildman–Crippen MR) is 83.1 cm³/mol. The lowest BCUT2D eigenvalue weighted by atomic mass is 10.1. The van der Waals surface area contributed by atoms with Gasteiger partial charge in [0.2, 0.25) is 0 Å². The van der Waals surface area contributed by atoms with Gasteiger partial charge in [-0.3, -0.25) is 0 Å². The smallest absolute Gasteiger partial charge is 0.115 e. The average molecular weight is 279 g/mol. The van der Waals surface area contributed by atoms with Crippen LogP contribution >= 0.6 is 11.8 Å². The summed E-state index contributed by atoms with van der Waals surface area (Å²) in [7, 11) is 0. The molecule has 1 fully saturated rings. The molecule has 0 radical (unpaired) electrons. The average Bonchev–Trinajstić information content (AvgIpc) is 2.42. The van der Waals surface area contributed by atoms with E-state index in [0.717, 1.165) is 0 Å². The van der Waals surface area contributed by atoms with Crippen LogP contribution in [0.2, 0.25) is 0 Å². The number of nitrogens with zero attached hydrogens (tertiary/aromatic N) is 1. The van der Waals surface area contributed by atoms with E-state index in [9.17, 15) is 5.11 Å². The van der Waals surface area contributed by atoms with Gasteiger partial charge in [0.05, 0.1) is 0 Å². The van der Waals surface area contributed by atoms with E-state index >= 15 is 0 Å². The van der Waals surface area contributed by atoms with Crippen LogP contribution in [0.4, 0.5) is 0 Å². The van der Waals surface area contributed by atoms with Crippen LogP contribution in [-0.2, 0) is 0 Å². The zero-order valence-corrected chi connectivity index (χ0v) is 12.7. The standard InChI is InChI=1S/C16H25NOS/c1-14-13-15(18)7-8-16(14)19-12-6-5-11-17-9-3-2-4-10-17/h7-8,13,18H,2-6,9-12H2,1H3. The van der Waals surface area contributed by atoms with Gasteiger partial charge in [-0.1, -0.05) is 6.42 Å². The molecule has 1 aromatic rings. The monoisotopic (exact) mass is 279 g/mol. The fraction of sp³-hybridized carbons (Fsp3) is 0.625. The second kappa shape index (κ2) is 7.81. The van der Waals surface area contributed by atoms with Gasteiger partial charge in [0, 0.05) is 4.90 Å². The molecular formula is C16H25NOS. The van der Waals surface area contributed by atoms with Crippen LogP contribution in [0.15, 0.2) is 23.1 Å². The number of unbranched alkanes of at least 4 members (excludes halogenated alkanes) is 1. The molecule has 1 saturated heterocycles. The van der Waals surface area contributed by atoms with E-state index in [2.05, 4.69) is 11.8 Å². The van der Waals surface area contributed by atoms with E-state index in [-0.39, 0.29) is 0 Å². The molecule has 106 valence electrons. The maximum atomic E-state index is 9.38. The minimum absolute atomic E-state index is 0.368. The van der Waals surface area contributed by atoms with Crippen molar-refractivity contribution in [1.82, 2.24) is 4.90 Å². The molecule has 0 amide bonds. The van der Waals surface area contributed by atoms with Gasteiger partial charge in [-0.05, 0) is 81.8 Å². The Hall–Kier alpha value is -0.670. The molecule has 2 nitrogen and oxygen atoms in total. The fourth-order valence-corrected chi connectivity index (χ4v) is 3.62. The maximum absolute atomic E-state index is 9.38. The quantitative estimate of drug-likeness (QED) is 0.627. The van der Waals surface area contributed by atoms with Crippen LogP contribution in [0, 0.1) is 6.92 Å². The second-order valence-electron chi connectivity index (χ2n) is 5.41. The molecule has 0 atom stereocenters. The summed E-state index contributed by atoms with van der Waals surface area (Å²) >= 11 is 1.91. The van der Waals surface area contributed by atoms with Gasteiger partial charge in [0.25, 0.3) is 0 Å². The number of rotatable bonds is 6. The molecule has 19 heavy (non-hydrogen) atoms. The normalized spacial score (nSPS) is 16.7. The van der Waals surface area contributed by atoms with Crippen LogP contribution in [0.5, 0.6) is 5.75 Å². The Kier molecular flexibility index (Phi) is 6.05. The Morgan fingerprint density at radius 2 is 1.95 bits per heavy atom. The van der Waals surface area contributed by atoms with E-state index in [1.54, 1.807) is 6.07 Å². The molecule has 0 spiro atoms. The van der Waals surface area contributed by atoms with Gasteiger partial charge in [-0.25, -0.2) is 0 Å². The molecule has 1 aromatic carbocycles. The van der Waals surface area contributed by atoms with E-state index < -0.39 is 0 Å². The van der Waals surface area contributed by atoms with Gasteiger partial charge in [0.1, 0.15) is 5.75 Å².